The Kier molecular flexibility index (Phi) is 5.03. The summed E-state index contributed by atoms with van der Waals surface area (Å²) in [5.41, 5.74) is 2.58. The summed E-state index contributed by atoms with van der Waals surface area (Å²) in [5.74, 6) is 2.25. The highest BCUT2D eigenvalue weighted by molar-refractivity contribution is 9.10. The van der Waals surface area contributed by atoms with Gasteiger partial charge in [0.05, 0.1) is 0 Å². The van der Waals surface area contributed by atoms with E-state index in [4.69, 9.17) is 4.42 Å². The van der Waals surface area contributed by atoms with E-state index in [1.165, 1.54) is 11.1 Å². The first-order valence-electron chi connectivity index (χ1n) is 7.16. The Morgan fingerprint density at radius 2 is 2.09 bits per heavy atom. The van der Waals surface area contributed by atoms with Crippen LogP contribution in [-0.2, 0) is 12.3 Å². The van der Waals surface area contributed by atoms with Crippen LogP contribution in [0.25, 0.3) is 11.6 Å². The van der Waals surface area contributed by atoms with Gasteiger partial charge in [-0.3, -0.25) is 4.57 Å². The molecule has 3 aromatic rings. The van der Waals surface area contributed by atoms with Crippen LogP contribution in [0.5, 0.6) is 0 Å². The Bertz CT molecular complexity index is 825. The zero-order valence-electron chi connectivity index (χ0n) is 12.7. The number of hydrogen-bond acceptors (Lipinski definition) is 4. The van der Waals surface area contributed by atoms with Gasteiger partial charge < -0.3 is 4.42 Å². The molecule has 118 valence electrons. The van der Waals surface area contributed by atoms with E-state index in [9.17, 15) is 0 Å². The molecule has 0 radical (unpaired) electrons. The molecule has 6 heteroatoms. The smallest absolute Gasteiger partial charge is 0.200 e. The van der Waals surface area contributed by atoms with Crippen molar-refractivity contribution in [2.45, 2.75) is 24.4 Å². The molecule has 23 heavy (non-hydrogen) atoms. The highest BCUT2D eigenvalue weighted by Gasteiger charge is 2.16. The van der Waals surface area contributed by atoms with E-state index >= 15 is 0 Å². The molecule has 3 rings (SSSR count). The second kappa shape index (κ2) is 7.19. The molecule has 4 nitrogen and oxygen atoms in total. The van der Waals surface area contributed by atoms with E-state index in [1.807, 2.05) is 22.8 Å². The molecular formula is C17H16BrN3OS. The maximum absolute atomic E-state index is 5.60. The van der Waals surface area contributed by atoms with Gasteiger partial charge in [0.1, 0.15) is 0 Å². The predicted octanol–water partition coefficient (Wildman–Crippen LogP) is 5.09. The molecule has 0 aliphatic heterocycles. The Morgan fingerprint density at radius 3 is 2.78 bits per heavy atom. The van der Waals surface area contributed by atoms with E-state index in [2.05, 4.69) is 63.9 Å². The van der Waals surface area contributed by atoms with E-state index in [-0.39, 0.29) is 0 Å². The number of nitrogens with zero attached hydrogens (tertiary/aromatic N) is 3. The average Bonchev–Trinajstić information content (AvgIpc) is 3.13. The van der Waals surface area contributed by atoms with Gasteiger partial charge in [-0.05, 0) is 46.1 Å². The number of aromatic nitrogens is 3. The zero-order valence-corrected chi connectivity index (χ0v) is 15.1. The summed E-state index contributed by atoms with van der Waals surface area (Å²) in [6, 6.07) is 12.1. The molecule has 2 heterocycles. The molecule has 0 fully saturated rings. The number of halogens is 1. The van der Waals surface area contributed by atoms with Crippen LogP contribution < -0.4 is 0 Å². The van der Waals surface area contributed by atoms with Gasteiger partial charge in [0.25, 0.3) is 0 Å². The van der Waals surface area contributed by atoms with Crippen LogP contribution in [0.1, 0.15) is 11.1 Å². The standard InChI is InChI=1S/C17H16BrN3OS/c1-3-10-21-16(14-8-9-15(18)22-14)19-20-17(21)23-11-13-7-5-4-6-12(13)2/h3-9H,1,10-11H2,2H3. The van der Waals surface area contributed by atoms with Gasteiger partial charge in [0, 0.05) is 12.3 Å². The van der Waals surface area contributed by atoms with Gasteiger partial charge in [-0.1, -0.05) is 42.1 Å². The van der Waals surface area contributed by atoms with Crippen LogP contribution >= 0.6 is 27.7 Å². The van der Waals surface area contributed by atoms with Crippen molar-refractivity contribution < 1.29 is 4.42 Å². The normalized spacial score (nSPS) is 10.9. The maximum atomic E-state index is 5.60. The number of hydrogen-bond donors (Lipinski definition) is 0. The fourth-order valence-corrected chi connectivity index (χ4v) is 3.55. The summed E-state index contributed by atoms with van der Waals surface area (Å²) in [6.45, 7) is 6.58. The number of aryl methyl sites for hydroxylation is 1. The van der Waals surface area contributed by atoms with Crippen LogP contribution in [0.4, 0.5) is 0 Å². The lowest BCUT2D eigenvalue weighted by Gasteiger charge is -2.07. The topological polar surface area (TPSA) is 43.9 Å². The fourth-order valence-electron chi connectivity index (χ4n) is 2.22. The number of benzene rings is 1. The Hall–Kier alpha value is -1.79. The van der Waals surface area contributed by atoms with Gasteiger partial charge in [0.2, 0.25) is 5.82 Å². The largest absolute Gasteiger partial charge is 0.446 e. The zero-order chi connectivity index (χ0) is 16.2. The quantitative estimate of drug-likeness (QED) is 0.435. The molecule has 0 atom stereocenters. The third-order valence-electron chi connectivity index (χ3n) is 3.44. The van der Waals surface area contributed by atoms with E-state index < -0.39 is 0 Å². The minimum Gasteiger partial charge on any atom is -0.446 e. The minimum atomic E-state index is 0.636. The monoisotopic (exact) mass is 389 g/mol. The second-order valence-electron chi connectivity index (χ2n) is 5.02. The van der Waals surface area contributed by atoms with Crippen molar-refractivity contribution in [1.29, 1.82) is 0 Å². The first kappa shape index (κ1) is 16.1. The molecular weight excluding hydrogens is 374 g/mol. The second-order valence-corrected chi connectivity index (χ2v) is 6.75. The number of allylic oxidation sites excluding steroid dienone is 1. The minimum absolute atomic E-state index is 0.636. The lowest BCUT2D eigenvalue weighted by atomic mass is 10.1. The van der Waals surface area contributed by atoms with Crippen LogP contribution in [0.15, 0.2) is 63.3 Å². The van der Waals surface area contributed by atoms with Crippen molar-refractivity contribution in [3.8, 4) is 11.6 Å². The number of rotatable bonds is 6. The molecule has 0 spiro atoms. The summed E-state index contributed by atoms with van der Waals surface area (Å²) < 4.78 is 8.29. The molecule has 0 unspecified atom stereocenters. The van der Waals surface area contributed by atoms with Crippen LogP contribution in [0.3, 0.4) is 0 Å². The van der Waals surface area contributed by atoms with Gasteiger partial charge >= 0.3 is 0 Å². The Labute approximate surface area is 147 Å². The molecule has 0 saturated heterocycles. The highest BCUT2D eigenvalue weighted by atomic mass is 79.9. The molecule has 0 aliphatic carbocycles. The molecule has 0 saturated carbocycles. The predicted molar refractivity (Wildman–Crippen MR) is 96.4 cm³/mol. The van der Waals surface area contributed by atoms with E-state index in [0.29, 0.717) is 22.8 Å². The third kappa shape index (κ3) is 3.59. The lowest BCUT2D eigenvalue weighted by Crippen LogP contribution is -2.00. The van der Waals surface area contributed by atoms with E-state index in [0.717, 1.165) is 10.9 Å². The first-order valence-corrected chi connectivity index (χ1v) is 8.94. The van der Waals surface area contributed by atoms with Crippen molar-refractivity contribution in [1.82, 2.24) is 14.8 Å². The SMILES string of the molecule is C=CCn1c(SCc2ccccc2C)nnc1-c1ccc(Br)o1. The van der Waals surface area contributed by atoms with Gasteiger partial charge in [0.15, 0.2) is 15.6 Å². The molecule has 0 amide bonds. The lowest BCUT2D eigenvalue weighted by molar-refractivity contribution is 0.545. The van der Waals surface area contributed by atoms with Crippen molar-refractivity contribution in [3.63, 3.8) is 0 Å². The highest BCUT2D eigenvalue weighted by Crippen LogP contribution is 2.29. The van der Waals surface area contributed by atoms with Crippen molar-refractivity contribution >= 4 is 27.7 Å². The van der Waals surface area contributed by atoms with Crippen molar-refractivity contribution in [3.05, 3.63) is 64.8 Å². The average molecular weight is 390 g/mol. The molecule has 0 aliphatic rings. The molecule has 1 aromatic carbocycles. The molecule has 0 bridgehead atoms. The van der Waals surface area contributed by atoms with Gasteiger partial charge in [-0.15, -0.1) is 16.8 Å². The summed E-state index contributed by atoms with van der Waals surface area (Å²) >= 11 is 4.98. The summed E-state index contributed by atoms with van der Waals surface area (Å²) in [4.78, 5) is 0. The Balaban J connectivity index is 1.86. The van der Waals surface area contributed by atoms with Gasteiger partial charge in [-0.25, -0.2) is 0 Å². The summed E-state index contributed by atoms with van der Waals surface area (Å²) in [6.07, 6.45) is 1.84. The van der Waals surface area contributed by atoms with E-state index in [1.54, 1.807) is 11.8 Å². The maximum Gasteiger partial charge on any atom is 0.200 e. The van der Waals surface area contributed by atoms with Crippen LogP contribution in [0, 0.1) is 6.92 Å². The third-order valence-corrected chi connectivity index (χ3v) is 4.88. The number of furan rings is 1. The van der Waals surface area contributed by atoms with Gasteiger partial charge in [-0.2, -0.15) is 0 Å². The summed E-state index contributed by atoms with van der Waals surface area (Å²) in [7, 11) is 0. The van der Waals surface area contributed by atoms with Crippen LogP contribution in [0.2, 0.25) is 0 Å². The van der Waals surface area contributed by atoms with Crippen molar-refractivity contribution in [2.24, 2.45) is 0 Å². The van der Waals surface area contributed by atoms with Crippen molar-refractivity contribution in [2.75, 3.05) is 0 Å². The Morgan fingerprint density at radius 1 is 1.26 bits per heavy atom. The van der Waals surface area contributed by atoms with Crippen LogP contribution in [-0.4, -0.2) is 14.8 Å². The number of thioether (sulfide) groups is 1. The fraction of sp³-hybridized carbons (Fsp3) is 0.176. The first-order chi connectivity index (χ1) is 11.2. The molecule has 0 N–H and O–H groups in total. The summed E-state index contributed by atoms with van der Waals surface area (Å²) in [5, 5.41) is 9.46. The molecule has 2 aromatic heterocycles.